The van der Waals surface area contributed by atoms with E-state index in [1.54, 1.807) is 0 Å². The van der Waals surface area contributed by atoms with Gasteiger partial charge in [0, 0.05) is 0 Å². The van der Waals surface area contributed by atoms with Gasteiger partial charge in [0.05, 0.1) is 0 Å². The maximum absolute atomic E-state index is 2.36. The summed E-state index contributed by atoms with van der Waals surface area (Å²) in [7, 11) is 0. The van der Waals surface area contributed by atoms with Gasteiger partial charge >= 0.3 is 0 Å². The van der Waals surface area contributed by atoms with E-state index in [4.69, 9.17) is 0 Å². The minimum absolute atomic E-state index is 1.10. The van der Waals surface area contributed by atoms with Gasteiger partial charge in [0.25, 0.3) is 0 Å². The van der Waals surface area contributed by atoms with Crippen LogP contribution < -0.4 is 0 Å². The van der Waals surface area contributed by atoms with Crippen molar-refractivity contribution in [1.29, 1.82) is 0 Å². The van der Waals surface area contributed by atoms with E-state index in [1.165, 1.54) is 156 Å². The Morgan fingerprint density at radius 1 is 0.234 bits per heavy atom. The summed E-state index contributed by atoms with van der Waals surface area (Å²) in [4.78, 5) is 0. The van der Waals surface area contributed by atoms with Crippen LogP contribution in [-0.4, -0.2) is 0 Å². The van der Waals surface area contributed by atoms with Crippen LogP contribution in [0.1, 0.15) is 111 Å². The predicted octanol–water partition coefficient (Wildman–Crippen LogP) is 16.7. The molecule has 0 radical (unpaired) electrons. The maximum Gasteiger partial charge on any atom is -0.00107 e. The van der Waals surface area contributed by atoms with Crippen LogP contribution in [0.15, 0.2) is 121 Å². The molecule has 0 bridgehead atoms. The topological polar surface area (TPSA) is 0 Å². The molecule has 0 aliphatic heterocycles. The van der Waals surface area contributed by atoms with Gasteiger partial charge in [-0.2, -0.15) is 0 Å². The molecule has 8 aromatic carbocycles. The first-order chi connectivity index (χ1) is 30.7. The monoisotopic (exact) mass is 833 g/mol. The highest BCUT2D eigenvalue weighted by Crippen LogP contribution is 2.44. The normalized spacial score (nSPS) is 12.4. The number of rotatable bonds is 0. The summed E-state index contributed by atoms with van der Waals surface area (Å²) in [5.74, 6) is 0. The van der Waals surface area contributed by atoms with Gasteiger partial charge in [-0.15, -0.1) is 0 Å². The third-order valence-corrected chi connectivity index (χ3v) is 15.8. The molecular formula is C64H64. The van der Waals surface area contributed by atoms with E-state index >= 15 is 0 Å². The second-order valence-electron chi connectivity index (χ2n) is 19.2. The lowest BCUT2D eigenvalue weighted by molar-refractivity contribution is 1.17. The van der Waals surface area contributed by atoms with Crippen LogP contribution in [0.3, 0.4) is 0 Å². The lowest BCUT2D eigenvalue weighted by Gasteiger charge is -2.11. The van der Waals surface area contributed by atoms with Gasteiger partial charge in [-0.1, -0.05) is 121 Å². The quantitative estimate of drug-likeness (QED) is 0.143. The molecule has 4 aliphatic carbocycles. The molecule has 0 unspecified atom stereocenters. The molecule has 4 aliphatic rings. The summed E-state index contributed by atoms with van der Waals surface area (Å²) >= 11 is 0. The van der Waals surface area contributed by atoms with Crippen LogP contribution in [0.25, 0.3) is 44.5 Å². The standard InChI is InChI=1S/4C16H16/c2*1-10-8-14-9-13-6-4-5-7-15(13)16(14)12(3)11(10)2;2*1-10-8-16-14-7-5-4-6-13(14)9-15(16)12(3)11(10)2/h4*4-8H,9H2,1-3H3. The zero-order valence-electron chi connectivity index (χ0n) is 40.4. The van der Waals surface area contributed by atoms with E-state index in [-0.39, 0.29) is 0 Å². The lowest BCUT2D eigenvalue weighted by atomic mass is 9.93. The molecule has 0 saturated carbocycles. The Balaban J connectivity index is 0.000000108. The van der Waals surface area contributed by atoms with Crippen molar-refractivity contribution in [3.63, 3.8) is 0 Å². The number of aryl methyl sites for hydroxylation is 4. The Kier molecular flexibility index (Phi) is 11.5. The van der Waals surface area contributed by atoms with Gasteiger partial charge in [-0.05, 0) is 265 Å². The van der Waals surface area contributed by atoms with Crippen molar-refractivity contribution in [3.8, 4) is 44.5 Å². The molecule has 0 nitrogen and oxygen atoms in total. The number of hydrogen-bond acceptors (Lipinski definition) is 0. The summed E-state index contributed by atoms with van der Waals surface area (Å²) < 4.78 is 0. The Labute approximate surface area is 384 Å². The average molecular weight is 833 g/mol. The zero-order valence-corrected chi connectivity index (χ0v) is 40.4. The SMILES string of the molecule is Cc1cc2c(c(C)c1C)-c1ccccc1C2.Cc1cc2c(c(C)c1C)-c1ccccc1C2.Cc1cc2c(c(C)c1C)Cc1ccccc1-2.Cc1cc2c(c(C)c1C)Cc1ccccc1-2. The molecule has 0 heteroatoms. The molecule has 8 aromatic rings. The largest absolute Gasteiger partial charge is 0.0619 e. The highest BCUT2D eigenvalue weighted by atomic mass is 14.3. The molecule has 0 heterocycles. The fourth-order valence-electron chi connectivity index (χ4n) is 11.1. The molecule has 0 spiro atoms. The van der Waals surface area contributed by atoms with E-state index in [0.29, 0.717) is 0 Å². The van der Waals surface area contributed by atoms with E-state index in [0.717, 1.165) is 25.7 Å². The summed E-state index contributed by atoms with van der Waals surface area (Å²) in [6.07, 6.45) is 4.43. The van der Waals surface area contributed by atoms with Gasteiger partial charge in [0.15, 0.2) is 0 Å². The summed E-state index contributed by atoms with van der Waals surface area (Å²) in [6, 6.07) is 44.5. The van der Waals surface area contributed by atoms with Crippen LogP contribution >= 0.6 is 0 Å². The minimum Gasteiger partial charge on any atom is -0.0619 e. The van der Waals surface area contributed by atoms with Crippen LogP contribution in [0.2, 0.25) is 0 Å². The van der Waals surface area contributed by atoms with Crippen LogP contribution in [0.4, 0.5) is 0 Å². The minimum atomic E-state index is 1.10. The molecule has 0 saturated heterocycles. The van der Waals surface area contributed by atoms with Gasteiger partial charge < -0.3 is 0 Å². The number of benzene rings is 8. The van der Waals surface area contributed by atoms with Gasteiger partial charge in [-0.3, -0.25) is 0 Å². The number of hydrogen-bond donors (Lipinski definition) is 0. The highest BCUT2D eigenvalue weighted by molar-refractivity contribution is 5.83. The Bertz CT molecular complexity index is 2950. The van der Waals surface area contributed by atoms with Crippen molar-refractivity contribution in [1.82, 2.24) is 0 Å². The molecule has 64 heavy (non-hydrogen) atoms. The van der Waals surface area contributed by atoms with Crippen LogP contribution in [0, 0.1) is 83.1 Å². The molecular weight excluding hydrogens is 769 g/mol. The van der Waals surface area contributed by atoms with Crippen molar-refractivity contribution < 1.29 is 0 Å². The van der Waals surface area contributed by atoms with E-state index in [9.17, 15) is 0 Å². The van der Waals surface area contributed by atoms with Crippen molar-refractivity contribution in [2.24, 2.45) is 0 Å². The highest BCUT2D eigenvalue weighted by Gasteiger charge is 2.24. The molecule has 0 amide bonds. The van der Waals surface area contributed by atoms with E-state index in [2.05, 4.69) is 204 Å². The average Bonchev–Trinajstić information content (AvgIpc) is 4.07. The fraction of sp³-hybridized carbons (Fsp3) is 0.250. The molecule has 0 N–H and O–H groups in total. The van der Waals surface area contributed by atoms with Gasteiger partial charge in [0.2, 0.25) is 0 Å². The molecule has 0 fully saturated rings. The van der Waals surface area contributed by atoms with Crippen molar-refractivity contribution >= 4 is 0 Å². The summed E-state index contributed by atoms with van der Waals surface area (Å²) in [5, 5.41) is 0. The molecule has 320 valence electrons. The first-order valence-corrected chi connectivity index (χ1v) is 23.4. The first-order valence-electron chi connectivity index (χ1n) is 23.4. The van der Waals surface area contributed by atoms with Crippen molar-refractivity contribution in [2.45, 2.75) is 109 Å². The third kappa shape index (κ3) is 7.46. The smallest absolute Gasteiger partial charge is 0.00107 e. The second kappa shape index (κ2) is 17.0. The zero-order chi connectivity index (χ0) is 45.1. The Hall–Kier alpha value is -6.24. The molecule has 12 rings (SSSR count). The summed E-state index contributed by atoms with van der Waals surface area (Å²) in [5.41, 5.74) is 40.9. The van der Waals surface area contributed by atoms with Crippen LogP contribution in [0.5, 0.6) is 0 Å². The maximum atomic E-state index is 2.36. The summed E-state index contributed by atoms with van der Waals surface area (Å²) in [6.45, 7) is 26.8. The van der Waals surface area contributed by atoms with Gasteiger partial charge in [-0.25, -0.2) is 0 Å². The van der Waals surface area contributed by atoms with Crippen LogP contribution in [-0.2, 0) is 25.7 Å². The Morgan fingerprint density at radius 3 is 0.875 bits per heavy atom. The predicted molar refractivity (Wildman–Crippen MR) is 276 cm³/mol. The third-order valence-electron chi connectivity index (χ3n) is 15.8. The van der Waals surface area contributed by atoms with Crippen molar-refractivity contribution in [2.75, 3.05) is 0 Å². The van der Waals surface area contributed by atoms with Gasteiger partial charge in [0.1, 0.15) is 0 Å². The van der Waals surface area contributed by atoms with Crippen molar-refractivity contribution in [3.05, 3.63) is 233 Å². The molecule has 0 aromatic heterocycles. The Morgan fingerprint density at radius 2 is 0.516 bits per heavy atom. The van der Waals surface area contributed by atoms with E-state index in [1.807, 2.05) is 0 Å². The molecule has 0 atom stereocenters. The number of fused-ring (bicyclic) bond motifs is 12. The second-order valence-corrected chi connectivity index (χ2v) is 19.2. The lowest BCUT2D eigenvalue weighted by Crippen LogP contribution is -1.93. The van der Waals surface area contributed by atoms with E-state index < -0.39 is 0 Å². The first kappa shape index (κ1) is 43.0. The fourth-order valence-corrected chi connectivity index (χ4v) is 11.1.